The van der Waals surface area contributed by atoms with Crippen molar-refractivity contribution in [1.29, 1.82) is 0 Å². The van der Waals surface area contributed by atoms with E-state index in [4.69, 9.17) is 4.74 Å². The van der Waals surface area contributed by atoms with Gasteiger partial charge in [-0.15, -0.1) is 0 Å². The summed E-state index contributed by atoms with van der Waals surface area (Å²) in [4.78, 5) is 11.4. The molecule has 0 saturated carbocycles. The highest BCUT2D eigenvalue weighted by Gasteiger charge is 2.14. The lowest BCUT2D eigenvalue weighted by atomic mass is 10.1. The van der Waals surface area contributed by atoms with E-state index >= 15 is 0 Å². The minimum atomic E-state index is -0.165. The molecule has 1 aromatic rings. The normalized spacial score (nSPS) is 11.7. The van der Waals surface area contributed by atoms with Crippen molar-refractivity contribution in [2.45, 2.75) is 26.0 Å². The fourth-order valence-corrected chi connectivity index (χ4v) is 1.31. The first-order valence-electron chi connectivity index (χ1n) is 5.46. The third kappa shape index (κ3) is 4.16. The molecule has 0 aliphatic carbocycles. The van der Waals surface area contributed by atoms with Crippen molar-refractivity contribution in [3.05, 3.63) is 34.7 Å². The maximum absolute atomic E-state index is 11.4. The number of ether oxygens (including phenoxy) is 1. The van der Waals surface area contributed by atoms with Gasteiger partial charge in [-0.2, -0.15) is 0 Å². The third-order valence-corrected chi connectivity index (χ3v) is 2.53. The van der Waals surface area contributed by atoms with Crippen molar-refractivity contribution in [3.8, 4) is 0 Å². The van der Waals surface area contributed by atoms with Crippen molar-refractivity contribution in [2.24, 2.45) is 0 Å². The molecule has 16 heavy (non-hydrogen) atoms. The number of hydrogen-bond donors (Lipinski definition) is 1. The molecule has 0 spiro atoms. The molecular formula is C12H20N2O2. The second-order valence-electron chi connectivity index (χ2n) is 4.37. The van der Waals surface area contributed by atoms with Gasteiger partial charge in [-0.25, -0.2) is 0 Å². The maximum Gasteiger partial charge on any atom is 0.250 e. The molecule has 0 unspecified atom stereocenters. The molecule has 0 amide bonds. The molecule has 0 radical (unpaired) electrons. The lowest BCUT2D eigenvalue weighted by molar-refractivity contribution is 0.0233. The standard InChI is InChI=1S/C12H20N2O2/c1-12(2,16-3)10-13-7-9-14-8-5-4-6-11(14)15/h4-6,8,13H,7,9-10H2,1-3H3. The topological polar surface area (TPSA) is 43.3 Å². The summed E-state index contributed by atoms with van der Waals surface area (Å²) in [6.07, 6.45) is 1.80. The summed E-state index contributed by atoms with van der Waals surface area (Å²) in [6.45, 7) is 6.25. The molecular weight excluding hydrogens is 204 g/mol. The molecule has 0 aromatic carbocycles. The third-order valence-electron chi connectivity index (χ3n) is 2.53. The van der Waals surface area contributed by atoms with Crippen LogP contribution < -0.4 is 10.9 Å². The van der Waals surface area contributed by atoms with Gasteiger partial charge in [-0.3, -0.25) is 4.79 Å². The van der Waals surface area contributed by atoms with Crippen LogP contribution >= 0.6 is 0 Å². The number of rotatable bonds is 6. The molecule has 1 heterocycles. The molecule has 1 N–H and O–H groups in total. The van der Waals surface area contributed by atoms with E-state index in [1.165, 1.54) is 0 Å². The summed E-state index contributed by atoms with van der Waals surface area (Å²) in [6, 6.07) is 5.18. The first-order valence-corrected chi connectivity index (χ1v) is 5.46. The Morgan fingerprint density at radius 2 is 2.19 bits per heavy atom. The zero-order valence-electron chi connectivity index (χ0n) is 10.2. The minimum absolute atomic E-state index is 0.0373. The summed E-state index contributed by atoms with van der Waals surface area (Å²) < 4.78 is 6.97. The quantitative estimate of drug-likeness (QED) is 0.729. The highest BCUT2D eigenvalue weighted by atomic mass is 16.5. The highest BCUT2D eigenvalue weighted by Crippen LogP contribution is 2.04. The largest absolute Gasteiger partial charge is 0.377 e. The van der Waals surface area contributed by atoms with Crippen LogP contribution in [-0.4, -0.2) is 30.4 Å². The van der Waals surface area contributed by atoms with E-state index in [0.717, 1.165) is 13.1 Å². The molecule has 0 fully saturated rings. The van der Waals surface area contributed by atoms with Gasteiger partial charge in [0.2, 0.25) is 0 Å². The molecule has 0 bridgehead atoms. The summed E-state index contributed by atoms with van der Waals surface area (Å²) in [5.74, 6) is 0. The Labute approximate surface area is 96.2 Å². The first kappa shape index (κ1) is 12.9. The van der Waals surface area contributed by atoms with Crippen molar-refractivity contribution >= 4 is 0 Å². The summed E-state index contributed by atoms with van der Waals surface area (Å²) >= 11 is 0. The van der Waals surface area contributed by atoms with E-state index in [1.54, 1.807) is 30.0 Å². The second-order valence-corrected chi connectivity index (χ2v) is 4.37. The maximum atomic E-state index is 11.4. The number of nitrogens with one attached hydrogen (secondary N) is 1. The second kappa shape index (κ2) is 5.82. The predicted molar refractivity (Wildman–Crippen MR) is 64.7 cm³/mol. The number of methoxy groups -OCH3 is 1. The van der Waals surface area contributed by atoms with Gasteiger partial charge in [0.15, 0.2) is 0 Å². The summed E-state index contributed by atoms with van der Waals surface area (Å²) in [5.41, 5.74) is -0.128. The zero-order chi connectivity index (χ0) is 12.0. The van der Waals surface area contributed by atoms with Crippen molar-refractivity contribution in [2.75, 3.05) is 20.2 Å². The summed E-state index contributed by atoms with van der Waals surface area (Å²) in [7, 11) is 1.70. The minimum Gasteiger partial charge on any atom is -0.377 e. The van der Waals surface area contributed by atoms with Gasteiger partial charge < -0.3 is 14.6 Å². The van der Waals surface area contributed by atoms with E-state index in [0.29, 0.717) is 6.54 Å². The number of pyridine rings is 1. The highest BCUT2D eigenvalue weighted by molar-refractivity contribution is 4.93. The van der Waals surface area contributed by atoms with Gasteiger partial charge >= 0.3 is 0 Å². The number of nitrogens with zero attached hydrogens (tertiary/aromatic N) is 1. The molecule has 1 rings (SSSR count). The molecule has 4 nitrogen and oxygen atoms in total. The van der Waals surface area contributed by atoms with E-state index in [-0.39, 0.29) is 11.2 Å². The van der Waals surface area contributed by atoms with E-state index < -0.39 is 0 Å². The Kier molecular flexibility index (Phi) is 4.71. The van der Waals surface area contributed by atoms with Gasteiger partial charge in [0, 0.05) is 39.0 Å². The van der Waals surface area contributed by atoms with Crippen molar-refractivity contribution in [3.63, 3.8) is 0 Å². The van der Waals surface area contributed by atoms with Crippen LogP contribution in [-0.2, 0) is 11.3 Å². The van der Waals surface area contributed by atoms with Crippen LogP contribution in [0, 0.1) is 0 Å². The van der Waals surface area contributed by atoms with E-state index in [1.807, 2.05) is 19.9 Å². The smallest absolute Gasteiger partial charge is 0.250 e. The van der Waals surface area contributed by atoms with Gasteiger partial charge in [-0.1, -0.05) is 6.07 Å². The Hall–Kier alpha value is -1.13. The molecule has 0 saturated heterocycles. The van der Waals surface area contributed by atoms with Crippen LogP contribution in [0.5, 0.6) is 0 Å². The zero-order valence-corrected chi connectivity index (χ0v) is 10.2. The Balaban J connectivity index is 2.32. The average Bonchev–Trinajstić information content (AvgIpc) is 2.27. The SMILES string of the molecule is COC(C)(C)CNCCn1ccccc1=O. The monoisotopic (exact) mass is 224 g/mol. The van der Waals surface area contributed by atoms with E-state index in [9.17, 15) is 4.79 Å². The average molecular weight is 224 g/mol. The molecule has 0 atom stereocenters. The van der Waals surface area contributed by atoms with E-state index in [2.05, 4.69) is 5.32 Å². The van der Waals surface area contributed by atoms with Crippen LogP contribution in [0.3, 0.4) is 0 Å². The number of hydrogen-bond acceptors (Lipinski definition) is 3. The van der Waals surface area contributed by atoms with Crippen LogP contribution in [0.2, 0.25) is 0 Å². The lowest BCUT2D eigenvalue weighted by Crippen LogP contribution is -2.38. The molecule has 1 aromatic heterocycles. The van der Waals surface area contributed by atoms with Gasteiger partial charge in [0.25, 0.3) is 5.56 Å². The Bertz CT molecular complexity index is 371. The van der Waals surface area contributed by atoms with Gasteiger partial charge in [0.1, 0.15) is 0 Å². The Morgan fingerprint density at radius 1 is 1.44 bits per heavy atom. The molecule has 4 heteroatoms. The Morgan fingerprint density at radius 3 is 2.81 bits per heavy atom. The van der Waals surface area contributed by atoms with Crippen molar-refractivity contribution in [1.82, 2.24) is 9.88 Å². The van der Waals surface area contributed by atoms with Crippen LogP contribution in [0.25, 0.3) is 0 Å². The fourth-order valence-electron chi connectivity index (χ4n) is 1.31. The number of aromatic nitrogens is 1. The predicted octanol–water partition coefficient (Wildman–Crippen LogP) is 0.863. The molecule has 0 aliphatic heterocycles. The summed E-state index contributed by atoms with van der Waals surface area (Å²) in [5, 5.41) is 3.27. The van der Waals surface area contributed by atoms with Gasteiger partial charge in [-0.05, 0) is 19.9 Å². The fraction of sp³-hybridized carbons (Fsp3) is 0.583. The molecule has 0 aliphatic rings. The lowest BCUT2D eigenvalue weighted by Gasteiger charge is -2.23. The van der Waals surface area contributed by atoms with Crippen LogP contribution in [0.1, 0.15) is 13.8 Å². The first-order chi connectivity index (χ1) is 7.55. The van der Waals surface area contributed by atoms with Crippen LogP contribution in [0.4, 0.5) is 0 Å². The van der Waals surface area contributed by atoms with Gasteiger partial charge in [0.05, 0.1) is 5.60 Å². The molecule has 90 valence electrons. The van der Waals surface area contributed by atoms with Crippen molar-refractivity contribution < 1.29 is 4.74 Å². The van der Waals surface area contributed by atoms with Crippen LogP contribution in [0.15, 0.2) is 29.2 Å².